The molecule has 0 radical (unpaired) electrons. The van der Waals surface area contributed by atoms with Crippen molar-refractivity contribution in [3.63, 3.8) is 0 Å². The summed E-state index contributed by atoms with van der Waals surface area (Å²) in [7, 11) is -3.65. The van der Waals surface area contributed by atoms with Crippen LogP contribution in [0.2, 0.25) is 0 Å². The zero-order valence-electron chi connectivity index (χ0n) is 19.3. The van der Waals surface area contributed by atoms with E-state index in [1.54, 1.807) is 12.1 Å². The summed E-state index contributed by atoms with van der Waals surface area (Å²) in [5.74, 6) is -0.438. The average molecular weight is 478 g/mol. The number of aryl methyl sites for hydroxylation is 2. The van der Waals surface area contributed by atoms with Crippen molar-refractivity contribution in [3.8, 4) is 0 Å². The Bertz CT molecular complexity index is 1370. The Labute approximate surface area is 199 Å². The van der Waals surface area contributed by atoms with Crippen molar-refractivity contribution in [1.82, 2.24) is 9.21 Å². The number of rotatable bonds is 4. The normalized spacial score (nSPS) is 20.4. The topological polar surface area (TPSA) is 78.0 Å². The van der Waals surface area contributed by atoms with E-state index in [1.807, 2.05) is 67.3 Å². The highest BCUT2D eigenvalue weighted by Gasteiger charge is 2.44. The van der Waals surface area contributed by atoms with E-state index in [0.717, 1.165) is 21.9 Å². The number of imide groups is 1. The van der Waals surface area contributed by atoms with Gasteiger partial charge in [-0.25, -0.2) is 13.3 Å². The summed E-state index contributed by atoms with van der Waals surface area (Å²) in [5, 5.41) is 1.87. The highest BCUT2D eigenvalue weighted by atomic mass is 32.2. The zero-order chi connectivity index (χ0) is 24.0. The molecular weight excluding hydrogens is 450 g/mol. The van der Waals surface area contributed by atoms with Gasteiger partial charge in [0, 0.05) is 26.2 Å². The molecule has 8 heteroatoms. The van der Waals surface area contributed by atoms with E-state index in [4.69, 9.17) is 0 Å². The number of hydrogen-bond donors (Lipinski definition) is 0. The van der Waals surface area contributed by atoms with Crippen LogP contribution in [0.15, 0.2) is 65.6 Å². The summed E-state index contributed by atoms with van der Waals surface area (Å²) in [6, 6.07) is 18.0. The molecule has 2 amide bonds. The van der Waals surface area contributed by atoms with Gasteiger partial charge in [-0.3, -0.25) is 14.5 Å². The Morgan fingerprint density at radius 3 is 2.12 bits per heavy atom. The van der Waals surface area contributed by atoms with Crippen molar-refractivity contribution in [2.24, 2.45) is 0 Å². The van der Waals surface area contributed by atoms with E-state index in [0.29, 0.717) is 18.8 Å². The molecular formula is C26H27N3O4S. The molecule has 2 saturated heterocycles. The van der Waals surface area contributed by atoms with Crippen LogP contribution in [0.1, 0.15) is 17.5 Å². The number of carbonyl (C=O) groups excluding carboxylic acids is 2. The molecule has 2 aliphatic heterocycles. The molecule has 1 atom stereocenters. The lowest BCUT2D eigenvalue weighted by atomic mass is 10.1. The van der Waals surface area contributed by atoms with Gasteiger partial charge < -0.3 is 0 Å². The van der Waals surface area contributed by atoms with Gasteiger partial charge in [0.1, 0.15) is 0 Å². The number of amides is 2. The monoisotopic (exact) mass is 477 g/mol. The van der Waals surface area contributed by atoms with Crippen LogP contribution in [0.3, 0.4) is 0 Å². The van der Waals surface area contributed by atoms with Crippen molar-refractivity contribution >= 4 is 38.3 Å². The van der Waals surface area contributed by atoms with Gasteiger partial charge in [-0.05, 0) is 47.9 Å². The van der Waals surface area contributed by atoms with Crippen molar-refractivity contribution in [3.05, 3.63) is 71.8 Å². The Hall–Kier alpha value is -3.07. The summed E-state index contributed by atoms with van der Waals surface area (Å²) < 4.78 is 28.0. The van der Waals surface area contributed by atoms with Crippen LogP contribution >= 0.6 is 0 Å². The maximum atomic E-state index is 13.3. The van der Waals surface area contributed by atoms with Crippen LogP contribution in [-0.2, 0) is 19.6 Å². The third kappa shape index (κ3) is 3.81. The number of carbonyl (C=O) groups is 2. The van der Waals surface area contributed by atoms with Crippen LogP contribution in [0.4, 0.5) is 5.69 Å². The van der Waals surface area contributed by atoms with Crippen molar-refractivity contribution in [1.29, 1.82) is 0 Å². The lowest BCUT2D eigenvalue weighted by Crippen LogP contribution is -2.53. The second kappa shape index (κ2) is 8.61. The van der Waals surface area contributed by atoms with Gasteiger partial charge in [0.05, 0.1) is 23.0 Å². The second-order valence-corrected chi connectivity index (χ2v) is 10.9. The fraction of sp³-hybridized carbons (Fsp3) is 0.308. The molecule has 2 heterocycles. The average Bonchev–Trinajstić information content (AvgIpc) is 3.12. The fourth-order valence-corrected chi connectivity index (χ4v) is 6.49. The molecule has 2 aliphatic rings. The molecule has 0 N–H and O–H groups in total. The van der Waals surface area contributed by atoms with Gasteiger partial charge in [-0.2, -0.15) is 4.31 Å². The Kier molecular flexibility index (Phi) is 5.75. The van der Waals surface area contributed by atoms with Crippen LogP contribution in [0, 0.1) is 13.8 Å². The second-order valence-electron chi connectivity index (χ2n) is 8.98. The molecule has 0 aliphatic carbocycles. The van der Waals surface area contributed by atoms with E-state index in [1.165, 1.54) is 9.21 Å². The van der Waals surface area contributed by atoms with E-state index < -0.39 is 16.1 Å². The van der Waals surface area contributed by atoms with Gasteiger partial charge >= 0.3 is 0 Å². The predicted molar refractivity (Wildman–Crippen MR) is 131 cm³/mol. The lowest BCUT2D eigenvalue weighted by Gasteiger charge is -2.36. The minimum absolute atomic E-state index is 0.115. The van der Waals surface area contributed by atoms with Crippen LogP contribution in [0.25, 0.3) is 10.8 Å². The molecule has 176 valence electrons. The van der Waals surface area contributed by atoms with E-state index >= 15 is 0 Å². The van der Waals surface area contributed by atoms with Crippen molar-refractivity contribution in [2.45, 2.75) is 31.2 Å². The first kappa shape index (κ1) is 22.7. The smallest absolute Gasteiger partial charge is 0.251 e. The molecule has 3 aromatic carbocycles. The Balaban J connectivity index is 1.31. The molecule has 7 nitrogen and oxygen atoms in total. The fourth-order valence-electron chi connectivity index (χ4n) is 5.03. The Morgan fingerprint density at radius 1 is 0.794 bits per heavy atom. The van der Waals surface area contributed by atoms with E-state index in [-0.39, 0.29) is 36.2 Å². The largest absolute Gasteiger partial charge is 0.289 e. The highest BCUT2D eigenvalue weighted by molar-refractivity contribution is 7.89. The quantitative estimate of drug-likeness (QED) is 0.540. The molecule has 0 bridgehead atoms. The van der Waals surface area contributed by atoms with Gasteiger partial charge in [0.15, 0.2) is 0 Å². The lowest BCUT2D eigenvalue weighted by molar-refractivity contribution is -0.123. The number of sulfonamides is 1. The maximum Gasteiger partial charge on any atom is 0.251 e. The van der Waals surface area contributed by atoms with Crippen LogP contribution in [0.5, 0.6) is 0 Å². The molecule has 0 aromatic heterocycles. The van der Waals surface area contributed by atoms with Crippen molar-refractivity contribution in [2.75, 3.05) is 31.1 Å². The molecule has 3 aromatic rings. The van der Waals surface area contributed by atoms with Gasteiger partial charge in [-0.15, -0.1) is 0 Å². The Morgan fingerprint density at radius 2 is 1.44 bits per heavy atom. The predicted octanol–water partition coefficient (Wildman–Crippen LogP) is 3.10. The van der Waals surface area contributed by atoms with Crippen molar-refractivity contribution < 1.29 is 18.0 Å². The van der Waals surface area contributed by atoms with E-state index in [2.05, 4.69) is 0 Å². The summed E-state index contributed by atoms with van der Waals surface area (Å²) in [5.41, 5.74) is 2.43. The summed E-state index contributed by atoms with van der Waals surface area (Å²) in [4.78, 5) is 29.6. The van der Waals surface area contributed by atoms with Crippen LogP contribution < -0.4 is 4.90 Å². The highest BCUT2D eigenvalue weighted by Crippen LogP contribution is 2.32. The minimum atomic E-state index is -3.65. The number of anilines is 1. The maximum absolute atomic E-state index is 13.3. The summed E-state index contributed by atoms with van der Waals surface area (Å²) in [6.45, 7) is 5.14. The van der Waals surface area contributed by atoms with E-state index in [9.17, 15) is 18.0 Å². The third-order valence-electron chi connectivity index (χ3n) is 6.86. The molecule has 34 heavy (non-hydrogen) atoms. The number of para-hydroxylation sites is 1. The first-order valence-electron chi connectivity index (χ1n) is 11.4. The van der Waals surface area contributed by atoms with Gasteiger partial charge in [0.2, 0.25) is 15.9 Å². The number of fused-ring (bicyclic) bond motifs is 1. The standard InChI is InChI=1S/C26H27N3O4S/c1-18-6-5-7-19(2)25(18)29-24(30)17-23(26(29)31)27-12-14-28(15-13-27)34(32,33)22-11-10-20-8-3-4-9-21(20)16-22/h3-11,16,23H,12-15,17H2,1-2H3. The van der Waals surface area contributed by atoms with Crippen LogP contribution in [-0.4, -0.2) is 61.7 Å². The summed E-state index contributed by atoms with van der Waals surface area (Å²) in [6.07, 6.45) is 0.115. The third-order valence-corrected chi connectivity index (χ3v) is 8.75. The number of nitrogens with zero attached hydrogens (tertiary/aromatic N) is 3. The molecule has 1 unspecified atom stereocenters. The first-order valence-corrected chi connectivity index (χ1v) is 12.9. The zero-order valence-corrected chi connectivity index (χ0v) is 20.1. The minimum Gasteiger partial charge on any atom is -0.289 e. The van der Waals surface area contributed by atoms with Gasteiger partial charge in [-0.1, -0.05) is 48.5 Å². The SMILES string of the molecule is Cc1cccc(C)c1N1C(=O)CC(N2CCN(S(=O)(=O)c3ccc4ccccc4c3)CC2)C1=O. The number of piperazine rings is 1. The molecule has 5 rings (SSSR count). The van der Waals surface area contributed by atoms with Gasteiger partial charge in [0.25, 0.3) is 5.91 Å². The number of benzene rings is 3. The first-order chi connectivity index (χ1) is 16.3. The molecule has 2 fully saturated rings. The summed E-state index contributed by atoms with van der Waals surface area (Å²) >= 11 is 0. The molecule has 0 spiro atoms. The number of hydrogen-bond acceptors (Lipinski definition) is 5. The molecule has 0 saturated carbocycles.